The van der Waals surface area contributed by atoms with Crippen LogP contribution in [0.15, 0.2) is 60.2 Å². The van der Waals surface area contributed by atoms with Gasteiger partial charge in [-0.1, -0.05) is 36.4 Å². The third kappa shape index (κ3) is 3.26. The highest BCUT2D eigenvalue weighted by Crippen LogP contribution is 2.48. The van der Waals surface area contributed by atoms with E-state index in [1.54, 1.807) is 6.07 Å². The zero-order chi connectivity index (χ0) is 21.5. The largest absolute Gasteiger partial charge is 0.493 e. The lowest BCUT2D eigenvalue weighted by atomic mass is 9.77. The molecule has 3 aromatic rings. The summed E-state index contributed by atoms with van der Waals surface area (Å²) in [5, 5.41) is 5.93. The van der Waals surface area contributed by atoms with Gasteiger partial charge in [-0.15, -0.1) is 0 Å². The number of esters is 1. The minimum Gasteiger partial charge on any atom is -0.493 e. The van der Waals surface area contributed by atoms with Crippen LogP contribution in [0.2, 0.25) is 0 Å². The van der Waals surface area contributed by atoms with E-state index in [9.17, 15) is 9.59 Å². The second kappa shape index (κ2) is 7.58. The molecule has 0 saturated carbocycles. The van der Waals surface area contributed by atoms with Gasteiger partial charge in [-0.25, -0.2) is 0 Å². The van der Waals surface area contributed by atoms with Gasteiger partial charge in [0.05, 0.1) is 13.2 Å². The molecule has 1 atom stereocenters. The van der Waals surface area contributed by atoms with E-state index in [0.29, 0.717) is 17.9 Å². The van der Waals surface area contributed by atoms with Crippen molar-refractivity contribution in [3.8, 4) is 11.5 Å². The van der Waals surface area contributed by atoms with E-state index in [4.69, 9.17) is 9.47 Å². The summed E-state index contributed by atoms with van der Waals surface area (Å²) in [7, 11) is 1.54. The summed E-state index contributed by atoms with van der Waals surface area (Å²) in [5.41, 5.74) is 5.03. The summed E-state index contributed by atoms with van der Waals surface area (Å²) in [4.78, 5) is 24.5. The number of hydrogen-bond acceptors (Lipinski definition) is 5. The summed E-state index contributed by atoms with van der Waals surface area (Å²) in [6, 6.07) is 17.7. The number of nitrogens with one attached hydrogen (secondary N) is 1. The number of ether oxygens (including phenoxy) is 2. The highest BCUT2D eigenvalue weighted by Gasteiger charge is 2.35. The first kappa shape index (κ1) is 19.4. The van der Waals surface area contributed by atoms with E-state index >= 15 is 0 Å². The molecule has 1 aliphatic carbocycles. The standard InChI is InChI=1S/C26H23NO4/c1-15(28)31-22-13-11-17(14-23(22)30-2)26-25-19(8-5-9-21(25)29)24-18-7-4-3-6-16(18)10-12-20(24)27-26/h3-4,6-7,10-14,26-27H,5,8-9H2,1-2H3. The van der Waals surface area contributed by atoms with Crippen LogP contribution in [-0.4, -0.2) is 18.9 Å². The third-order valence-electron chi connectivity index (χ3n) is 6.05. The van der Waals surface area contributed by atoms with Crippen molar-refractivity contribution in [3.63, 3.8) is 0 Å². The number of carbonyl (C=O) groups is 2. The Bertz CT molecular complexity index is 1260. The van der Waals surface area contributed by atoms with Crippen molar-refractivity contribution in [2.45, 2.75) is 32.2 Å². The normalized spacial score (nSPS) is 17.6. The Kier molecular flexibility index (Phi) is 4.74. The van der Waals surface area contributed by atoms with Crippen molar-refractivity contribution < 1.29 is 19.1 Å². The fraction of sp³-hybridized carbons (Fsp3) is 0.231. The van der Waals surface area contributed by atoms with E-state index in [-0.39, 0.29) is 11.8 Å². The number of allylic oxidation sites excluding steroid dienone is 1. The molecule has 31 heavy (non-hydrogen) atoms. The van der Waals surface area contributed by atoms with Crippen LogP contribution >= 0.6 is 0 Å². The number of methoxy groups -OCH3 is 1. The number of anilines is 1. The van der Waals surface area contributed by atoms with Crippen LogP contribution in [0.4, 0.5) is 5.69 Å². The van der Waals surface area contributed by atoms with Gasteiger partial charge in [-0.05, 0) is 52.9 Å². The maximum atomic E-state index is 13.1. The summed E-state index contributed by atoms with van der Waals surface area (Å²) < 4.78 is 10.7. The van der Waals surface area contributed by atoms with Gasteiger partial charge in [-0.3, -0.25) is 9.59 Å². The first-order chi connectivity index (χ1) is 15.1. The number of rotatable bonds is 3. The molecule has 0 bridgehead atoms. The maximum absolute atomic E-state index is 13.1. The minimum absolute atomic E-state index is 0.181. The van der Waals surface area contributed by atoms with E-state index in [2.05, 4.69) is 29.6 Å². The van der Waals surface area contributed by atoms with E-state index in [0.717, 1.165) is 46.2 Å². The molecule has 5 rings (SSSR count). The quantitative estimate of drug-likeness (QED) is 0.457. The zero-order valence-corrected chi connectivity index (χ0v) is 17.5. The topological polar surface area (TPSA) is 64.6 Å². The molecule has 0 saturated heterocycles. The van der Waals surface area contributed by atoms with Gasteiger partial charge in [-0.2, -0.15) is 0 Å². The van der Waals surface area contributed by atoms with Crippen molar-refractivity contribution >= 4 is 33.8 Å². The van der Waals surface area contributed by atoms with Crippen molar-refractivity contribution in [1.29, 1.82) is 0 Å². The van der Waals surface area contributed by atoms with Crippen LogP contribution in [0.1, 0.15) is 43.4 Å². The summed E-state index contributed by atoms with van der Waals surface area (Å²) in [6.07, 6.45) is 2.30. The number of carbonyl (C=O) groups excluding carboxylic acids is 2. The fourth-order valence-corrected chi connectivity index (χ4v) is 4.76. The Morgan fingerprint density at radius 1 is 1.03 bits per heavy atom. The molecule has 0 spiro atoms. The SMILES string of the molecule is COc1cc(C2Nc3ccc4ccccc4c3C3=C2C(=O)CCC3)ccc1OC(C)=O. The van der Waals surface area contributed by atoms with Gasteiger partial charge < -0.3 is 14.8 Å². The predicted molar refractivity (Wildman–Crippen MR) is 120 cm³/mol. The van der Waals surface area contributed by atoms with Gasteiger partial charge in [0, 0.05) is 30.2 Å². The van der Waals surface area contributed by atoms with E-state index in [1.807, 2.05) is 24.3 Å². The second-order valence-electron chi connectivity index (χ2n) is 7.96. The first-order valence-electron chi connectivity index (χ1n) is 10.5. The fourth-order valence-electron chi connectivity index (χ4n) is 4.76. The highest BCUT2D eigenvalue weighted by atomic mass is 16.6. The van der Waals surface area contributed by atoms with E-state index in [1.165, 1.54) is 19.4 Å². The van der Waals surface area contributed by atoms with Crippen molar-refractivity contribution in [2.75, 3.05) is 12.4 Å². The van der Waals surface area contributed by atoms with Gasteiger partial charge in [0.1, 0.15) is 0 Å². The molecule has 0 amide bonds. The van der Waals surface area contributed by atoms with Gasteiger partial charge in [0.15, 0.2) is 17.3 Å². The molecule has 1 heterocycles. The van der Waals surface area contributed by atoms with Crippen molar-refractivity contribution in [1.82, 2.24) is 0 Å². The number of fused-ring (bicyclic) bond motifs is 4. The number of ketones is 1. The number of hydrogen-bond donors (Lipinski definition) is 1. The molecule has 2 aliphatic rings. The maximum Gasteiger partial charge on any atom is 0.308 e. The van der Waals surface area contributed by atoms with Gasteiger partial charge >= 0.3 is 5.97 Å². The Balaban J connectivity index is 1.68. The highest BCUT2D eigenvalue weighted by molar-refractivity contribution is 6.12. The monoisotopic (exact) mass is 413 g/mol. The van der Waals surface area contributed by atoms with Crippen LogP contribution in [0.3, 0.4) is 0 Å². The first-order valence-corrected chi connectivity index (χ1v) is 10.5. The average Bonchev–Trinajstić information content (AvgIpc) is 2.78. The smallest absolute Gasteiger partial charge is 0.308 e. The summed E-state index contributed by atoms with van der Waals surface area (Å²) >= 11 is 0. The van der Waals surface area contributed by atoms with E-state index < -0.39 is 5.97 Å². The Morgan fingerprint density at radius 2 is 1.87 bits per heavy atom. The lowest BCUT2D eigenvalue weighted by molar-refractivity contribution is -0.132. The van der Waals surface area contributed by atoms with Gasteiger partial charge in [0.2, 0.25) is 0 Å². The molecule has 0 radical (unpaired) electrons. The second-order valence-corrected chi connectivity index (χ2v) is 7.96. The molecule has 0 fully saturated rings. The van der Waals surface area contributed by atoms with Crippen LogP contribution < -0.4 is 14.8 Å². The number of benzene rings is 3. The molecule has 1 unspecified atom stereocenters. The van der Waals surface area contributed by atoms with Crippen LogP contribution in [0, 0.1) is 0 Å². The zero-order valence-electron chi connectivity index (χ0n) is 17.5. The Hall–Kier alpha value is -3.60. The molecule has 1 N–H and O–H groups in total. The summed E-state index contributed by atoms with van der Waals surface area (Å²) in [5.74, 6) is 0.602. The Morgan fingerprint density at radius 3 is 2.68 bits per heavy atom. The van der Waals surface area contributed by atoms with Crippen LogP contribution in [-0.2, 0) is 9.59 Å². The molecule has 1 aliphatic heterocycles. The number of Topliss-reactive ketones (excluding diaryl/α,β-unsaturated/α-hetero) is 1. The molecule has 5 heteroatoms. The lowest BCUT2D eigenvalue weighted by Crippen LogP contribution is -2.27. The predicted octanol–water partition coefficient (Wildman–Crippen LogP) is 5.45. The third-order valence-corrected chi connectivity index (χ3v) is 6.05. The minimum atomic E-state index is -0.407. The Labute approximate surface area is 180 Å². The molecular weight excluding hydrogens is 390 g/mol. The van der Waals surface area contributed by atoms with Crippen molar-refractivity contribution in [2.24, 2.45) is 0 Å². The lowest BCUT2D eigenvalue weighted by Gasteiger charge is -2.35. The average molecular weight is 413 g/mol. The summed E-state index contributed by atoms with van der Waals surface area (Å²) in [6.45, 7) is 1.36. The van der Waals surface area contributed by atoms with Gasteiger partial charge in [0.25, 0.3) is 0 Å². The van der Waals surface area contributed by atoms with Crippen molar-refractivity contribution in [3.05, 3.63) is 71.3 Å². The van der Waals surface area contributed by atoms with Crippen LogP contribution in [0.5, 0.6) is 11.5 Å². The molecule has 3 aromatic carbocycles. The molecule has 0 aromatic heterocycles. The molecule has 156 valence electrons. The van der Waals surface area contributed by atoms with Crippen LogP contribution in [0.25, 0.3) is 16.3 Å². The molecule has 5 nitrogen and oxygen atoms in total. The molecular formula is C26H23NO4.